The molecule has 0 aliphatic carbocycles. The molecular formula is C19H13Br2FN2O4. The molecule has 2 aromatic rings. The first-order valence-electron chi connectivity index (χ1n) is 7.96. The van der Waals surface area contributed by atoms with Gasteiger partial charge >= 0.3 is 6.03 Å². The normalized spacial score (nSPS) is 15.8. The van der Waals surface area contributed by atoms with Crippen molar-refractivity contribution in [2.24, 2.45) is 0 Å². The van der Waals surface area contributed by atoms with Crippen molar-refractivity contribution >= 4 is 55.8 Å². The number of hydrogen-bond donors (Lipinski definition) is 1. The Balaban J connectivity index is 1.98. The fourth-order valence-electron chi connectivity index (χ4n) is 2.67. The Labute approximate surface area is 176 Å². The van der Waals surface area contributed by atoms with Crippen LogP contribution in [-0.4, -0.2) is 29.9 Å². The van der Waals surface area contributed by atoms with Crippen molar-refractivity contribution in [1.29, 1.82) is 0 Å². The van der Waals surface area contributed by atoms with Crippen LogP contribution in [0.2, 0.25) is 0 Å². The van der Waals surface area contributed by atoms with Gasteiger partial charge < -0.3 is 4.74 Å². The molecule has 1 heterocycles. The fourth-order valence-corrected chi connectivity index (χ4v) is 4.09. The standard InChI is InChI=1S/C19H13Br2FN2O4/c1-28-16-11(6-12(20)8-15(16)21)7-14-17(25)23-19(27)24(18(14)26)9-10-2-4-13(22)5-3-10/h2-8H,9H2,1H3,(H,23,25,27)/b14-7-. The van der Waals surface area contributed by atoms with Gasteiger partial charge in [-0.25, -0.2) is 9.18 Å². The molecule has 0 unspecified atom stereocenters. The van der Waals surface area contributed by atoms with Crippen molar-refractivity contribution in [2.75, 3.05) is 7.11 Å². The molecule has 0 radical (unpaired) electrons. The lowest BCUT2D eigenvalue weighted by Gasteiger charge is -2.26. The molecule has 1 aliphatic heterocycles. The molecule has 1 fully saturated rings. The van der Waals surface area contributed by atoms with Crippen molar-refractivity contribution in [3.63, 3.8) is 0 Å². The molecule has 0 aromatic heterocycles. The van der Waals surface area contributed by atoms with Gasteiger partial charge in [0.05, 0.1) is 18.1 Å². The summed E-state index contributed by atoms with van der Waals surface area (Å²) < 4.78 is 19.7. The Kier molecular flexibility index (Phi) is 5.95. The average molecular weight is 512 g/mol. The van der Waals surface area contributed by atoms with Gasteiger partial charge in [0.1, 0.15) is 17.1 Å². The second-order valence-electron chi connectivity index (χ2n) is 5.85. The zero-order valence-electron chi connectivity index (χ0n) is 14.5. The number of carbonyl (C=O) groups excluding carboxylic acids is 3. The summed E-state index contributed by atoms with van der Waals surface area (Å²) in [6.45, 7) is -0.102. The van der Waals surface area contributed by atoms with Crippen molar-refractivity contribution in [2.45, 2.75) is 6.54 Å². The molecule has 9 heteroatoms. The first kappa shape index (κ1) is 20.2. The van der Waals surface area contributed by atoms with Crippen LogP contribution in [0.4, 0.5) is 9.18 Å². The third-order valence-electron chi connectivity index (χ3n) is 3.98. The maximum atomic E-state index is 13.1. The molecule has 0 bridgehead atoms. The minimum Gasteiger partial charge on any atom is -0.495 e. The maximum Gasteiger partial charge on any atom is 0.331 e. The van der Waals surface area contributed by atoms with E-state index in [4.69, 9.17) is 4.74 Å². The quantitative estimate of drug-likeness (QED) is 0.497. The van der Waals surface area contributed by atoms with E-state index < -0.39 is 23.7 Å². The number of carbonyl (C=O) groups is 3. The lowest BCUT2D eigenvalue weighted by Crippen LogP contribution is -2.53. The summed E-state index contributed by atoms with van der Waals surface area (Å²) >= 11 is 6.71. The minimum atomic E-state index is -0.834. The molecule has 4 amide bonds. The molecule has 0 spiro atoms. The van der Waals surface area contributed by atoms with Crippen LogP contribution in [0.3, 0.4) is 0 Å². The van der Waals surface area contributed by atoms with Gasteiger partial charge in [-0.15, -0.1) is 0 Å². The molecule has 0 atom stereocenters. The number of urea groups is 1. The van der Waals surface area contributed by atoms with Gasteiger partial charge in [-0.3, -0.25) is 19.8 Å². The number of nitrogens with one attached hydrogen (secondary N) is 1. The van der Waals surface area contributed by atoms with Crippen molar-refractivity contribution in [1.82, 2.24) is 10.2 Å². The lowest BCUT2D eigenvalue weighted by atomic mass is 10.1. The summed E-state index contributed by atoms with van der Waals surface area (Å²) in [5, 5.41) is 2.15. The van der Waals surface area contributed by atoms with Crippen molar-refractivity contribution in [3.05, 3.63) is 67.9 Å². The average Bonchev–Trinajstić information content (AvgIpc) is 2.63. The largest absolute Gasteiger partial charge is 0.495 e. The highest BCUT2D eigenvalue weighted by molar-refractivity contribution is 9.11. The molecule has 6 nitrogen and oxygen atoms in total. The van der Waals surface area contributed by atoms with E-state index >= 15 is 0 Å². The second-order valence-corrected chi connectivity index (χ2v) is 7.62. The Hall–Kier alpha value is -2.52. The van der Waals surface area contributed by atoms with Crippen LogP contribution in [0.15, 0.2) is 50.9 Å². The molecule has 1 aliphatic rings. The van der Waals surface area contributed by atoms with Gasteiger partial charge in [-0.2, -0.15) is 0 Å². The molecule has 1 N–H and O–H groups in total. The van der Waals surface area contributed by atoms with E-state index in [1.807, 2.05) is 0 Å². The van der Waals surface area contributed by atoms with E-state index in [0.29, 0.717) is 25.8 Å². The summed E-state index contributed by atoms with van der Waals surface area (Å²) in [6, 6.07) is 7.99. The van der Waals surface area contributed by atoms with Crippen LogP contribution in [0, 0.1) is 5.82 Å². The summed E-state index contributed by atoms with van der Waals surface area (Å²) in [5.41, 5.74) is 0.796. The Morgan fingerprint density at radius 2 is 1.82 bits per heavy atom. The molecule has 3 rings (SSSR count). The van der Waals surface area contributed by atoms with Crippen LogP contribution in [0.5, 0.6) is 5.75 Å². The van der Waals surface area contributed by atoms with Crippen LogP contribution in [-0.2, 0) is 16.1 Å². The van der Waals surface area contributed by atoms with E-state index in [9.17, 15) is 18.8 Å². The highest BCUT2D eigenvalue weighted by Crippen LogP contribution is 2.34. The van der Waals surface area contributed by atoms with Crippen LogP contribution >= 0.6 is 31.9 Å². The maximum absolute atomic E-state index is 13.1. The number of halogens is 3. The molecule has 1 saturated heterocycles. The van der Waals surface area contributed by atoms with Gasteiger partial charge in [0.2, 0.25) is 0 Å². The Bertz CT molecular complexity index is 1010. The smallest absolute Gasteiger partial charge is 0.331 e. The van der Waals surface area contributed by atoms with Crippen molar-refractivity contribution < 1.29 is 23.5 Å². The number of benzene rings is 2. The van der Waals surface area contributed by atoms with Gasteiger partial charge in [-0.1, -0.05) is 28.1 Å². The number of rotatable bonds is 4. The number of hydrogen-bond acceptors (Lipinski definition) is 4. The number of nitrogens with zero attached hydrogens (tertiary/aromatic N) is 1. The first-order valence-corrected chi connectivity index (χ1v) is 9.55. The molecule has 144 valence electrons. The highest BCUT2D eigenvalue weighted by atomic mass is 79.9. The fraction of sp³-hybridized carbons (Fsp3) is 0.105. The van der Waals surface area contributed by atoms with E-state index in [0.717, 1.165) is 4.90 Å². The zero-order valence-corrected chi connectivity index (χ0v) is 17.6. The van der Waals surface area contributed by atoms with Crippen LogP contribution in [0.25, 0.3) is 6.08 Å². The Morgan fingerprint density at radius 1 is 1.14 bits per heavy atom. The van der Waals surface area contributed by atoms with E-state index in [-0.39, 0.29) is 12.1 Å². The number of barbiturate groups is 1. The predicted octanol–water partition coefficient (Wildman–Crippen LogP) is 4.02. The number of ether oxygens (including phenoxy) is 1. The molecule has 0 saturated carbocycles. The van der Waals surface area contributed by atoms with Crippen LogP contribution < -0.4 is 10.1 Å². The topological polar surface area (TPSA) is 75.7 Å². The molecular weight excluding hydrogens is 499 g/mol. The third-order valence-corrected chi connectivity index (χ3v) is 5.03. The Morgan fingerprint density at radius 3 is 2.46 bits per heavy atom. The summed E-state index contributed by atoms with van der Waals surface area (Å²) in [4.78, 5) is 38.1. The lowest BCUT2D eigenvalue weighted by molar-refractivity contribution is -0.130. The number of imide groups is 2. The van der Waals surface area contributed by atoms with E-state index in [1.54, 1.807) is 12.1 Å². The van der Waals surface area contributed by atoms with Gasteiger partial charge in [-0.05, 0) is 51.8 Å². The number of methoxy groups -OCH3 is 1. The van der Waals surface area contributed by atoms with Crippen molar-refractivity contribution in [3.8, 4) is 5.75 Å². The minimum absolute atomic E-state index is 0.102. The van der Waals surface area contributed by atoms with E-state index in [2.05, 4.69) is 37.2 Å². The molecule has 28 heavy (non-hydrogen) atoms. The number of amides is 4. The third kappa shape index (κ3) is 4.15. The first-order chi connectivity index (χ1) is 13.3. The highest BCUT2D eigenvalue weighted by Gasteiger charge is 2.36. The monoisotopic (exact) mass is 510 g/mol. The van der Waals surface area contributed by atoms with E-state index in [1.165, 1.54) is 37.5 Å². The summed E-state index contributed by atoms with van der Waals surface area (Å²) in [5.74, 6) is -1.56. The second kappa shape index (κ2) is 8.24. The summed E-state index contributed by atoms with van der Waals surface area (Å²) in [7, 11) is 1.46. The molecule has 2 aromatic carbocycles. The summed E-state index contributed by atoms with van der Waals surface area (Å²) in [6.07, 6.45) is 1.36. The SMILES string of the molecule is COc1c(Br)cc(Br)cc1/C=C1/C(=O)NC(=O)N(Cc2ccc(F)cc2)C1=O. The zero-order chi connectivity index (χ0) is 20.4. The predicted molar refractivity (Wildman–Crippen MR) is 107 cm³/mol. The van der Waals surface area contributed by atoms with Gasteiger partial charge in [0.25, 0.3) is 11.8 Å². The van der Waals surface area contributed by atoms with Gasteiger partial charge in [0, 0.05) is 10.0 Å². The van der Waals surface area contributed by atoms with Gasteiger partial charge in [0.15, 0.2) is 0 Å². The van der Waals surface area contributed by atoms with Crippen LogP contribution in [0.1, 0.15) is 11.1 Å².